The molecule has 2 heterocycles. The molecule has 2 aromatic rings. The van der Waals surface area contributed by atoms with Crippen molar-refractivity contribution in [3.63, 3.8) is 0 Å². The quantitative estimate of drug-likeness (QED) is 0.753. The monoisotopic (exact) mass is 357 g/mol. The zero-order chi connectivity index (χ0) is 17.8. The van der Waals surface area contributed by atoms with Crippen molar-refractivity contribution in [1.82, 2.24) is 4.90 Å². The predicted molar refractivity (Wildman–Crippen MR) is 101 cm³/mol. The second-order valence-electron chi connectivity index (χ2n) is 5.92. The molecule has 1 aromatic carbocycles. The molecule has 0 bridgehead atoms. The lowest BCUT2D eigenvalue weighted by atomic mass is 9.90. The fourth-order valence-electron chi connectivity index (χ4n) is 3.25. The fourth-order valence-corrected chi connectivity index (χ4v) is 4.11. The van der Waals surface area contributed by atoms with Crippen LogP contribution in [0, 0.1) is 0 Å². The molecular weight excluding hydrogens is 334 g/mol. The van der Waals surface area contributed by atoms with Crippen LogP contribution in [0.4, 0.5) is 0 Å². The number of benzene rings is 1. The molecule has 1 aliphatic rings. The minimum Gasteiger partial charge on any atom is -0.493 e. The Morgan fingerprint density at radius 3 is 2.72 bits per heavy atom. The summed E-state index contributed by atoms with van der Waals surface area (Å²) in [5, 5.41) is 2.05. The Kier molecular flexibility index (Phi) is 5.43. The number of nitrogens with zero attached hydrogens (tertiary/aromatic N) is 1. The normalized spacial score (nSPS) is 16.8. The van der Waals surface area contributed by atoms with Gasteiger partial charge in [-0.25, -0.2) is 0 Å². The molecule has 132 valence electrons. The van der Waals surface area contributed by atoms with Gasteiger partial charge in [0.25, 0.3) is 0 Å². The van der Waals surface area contributed by atoms with E-state index in [-0.39, 0.29) is 11.9 Å². The van der Waals surface area contributed by atoms with E-state index in [0.717, 1.165) is 29.0 Å². The lowest BCUT2D eigenvalue weighted by molar-refractivity contribution is -0.128. The highest BCUT2D eigenvalue weighted by molar-refractivity contribution is 7.10. The van der Waals surface area contributed by atoms with E-state index >= 15 is 0 Å². The van der Waals surface area contributed by atoms with Crippen LogP contribution in [0.5, 0.6) is 11.5 Å². The van der Waals surface area contributed by atoms with E-state index in [9.17, 15) is 4.79 Å². The summed E-state index contributed by atoms with van der Waals surface area (Å²) in [6.45, 7) is 2.72. The molecule has 4 nitrogen and oxygen atoms in total. The van der Waals surface area contributed by atoms with E-state index in [0.29, 0.717) is 12.3 Å². The minimum atomic E-state index is -0.0856. The summed E-state index contributed by atoms with van der Waals surface area (Å²) in [5.74, 6) is 1.48. The van der Waals surface area contributed by atoms with E-state index in [1.807, 2.05) is 36.1 Å². The number of ether oxygens (including phenoxy) is 2. The first-order chi connectivity index (χ1) is 12.2. The first-order valence-corrected chi connectivity index (χ1v) is 9.32. The van der Waals surface area contributed by atoms with Gasteiger partial charge in [-0.3, -0.25) is 4.79 Å². The second-order valence-corrected chi connectivity index (χ2v) is 6.90. The van der Waals surface area contributed by atoms with Crippen molar-refractivity contribution in [2.75, 3.05) is 20.8 Å². The first kappa shape index (κ1) is 17.5. The average molecular weight is 357 g/mol. The Labute approximate surface area is 152 Å². The van der Waals surface area contributed by atoms with Crippen molar-refractivity contribution >= 4 is 17.2 Å². The Morgan fingerprint density at radius 2 is 2.08 bits per heavy atom. The van der Waals surface area contributed by atoms with Crippen LogP contribution < -0.4 is 9.47 Å². The molecule has 0 spiro atoms. The summed E-state index contributed by atoms with van der Waals surface area (Å²) in [4.78, 5) is 15.8. The van der Waals surface area contributed by atoms with Crippen LogP contribution in [-0.4, -0.2) is 31.6 Å². The molecule has 1 aromatic heterocycles. The maximum atomic E-state index is 12.7. The third kappa shape index (κ3) is 3.42. The van der Waals surface area contributed by atoms with Gasteiger partial charge in [0.15, 0.2) is 11.5 Å². The second kappa shape index (κ2) is 7.74. The van der Waals surface area contributed by atoms with Crippen molar-refractivity contribution in [3.05, 3.63) is 57.8 Å². The molecule has 0 fully saturated rings. The zero-order valence-electron chi connectivity index (χ0n) is 14.8. The number of hydrogen-bond donors (Lipinski definition) is 0. The topological polar surface area (TPSA) is 38.8 Å². The molecule has 0 saturated carbocycles. The number of allylic oxidation sites excluding steroid dienone is 1. The van der Waals surface area contributed by atoms with Crippen molar-refractivity contribution in [3.8, 4) is 11.5 Å². The van der Waals surface area contributed by atoms with Gasteiger partial charge < -0.3 is 14.4 Å². The van der Waals surface area contributed by atoms with Gasteiger partial charge in [-0.1, -0.05) is 19.1 Å². The van der Waals surface area contributed by atoms with Gasteiger partial charge in [0, 0.05) is 11.4 Å². The molecule has 1 amide bonds. The standard InChI is InChI=1S/C20H23NO3S/c1-4-5-8-19(22)21-10-9-14-12-16(23-2)17(24-3)13-15(14)20(21)18-7-6-11-25-18/h5-8,11-13,20H,4,9-10H2,1-3H3/b8-5+/t20-/m1/s1. The van der Waals surface area contributed by atoms with Crippen LogP contribution in [0.1, 0.15) is 35.4 Å². The summed E-state index contributed by atoms with van der Waals surface area (Å²) >= 11 is 1.67. The average Bonchev–Trinajstić information content (AvgIpc) is 3.18. The molecule has 0 radical (unpaired) electrons. The summed E-state index contributed by atoms with van der Waals surface area (Å²) < 4.78 is 10.9. The van der Waals surface area contributed by atoms with Crippen molar-refractivity contribution < 1.29 is 14.3 Å². The molecule has 5 heteroatoms. The summed E-state index contributed by atoms with van der Waals surface area (Å²) in [6.07, 6.45) is 5.26. The highest BCUT2D eigenvalue weighted by atomic mass is 32.1. The SMILES string of the molecule is CC/C=C/C(=O)N1CCc2cc(OC)c(OC)cc2[C@@H]1c1cccs1. The van der Waals surface area contributed by atoms with E-state index in [2.05, 4.69) is 11.4 Å². The number of hydrogen-bond acceptors (Lipinski definition) is 4. The fraction of sp³-hybridized carbons (Fsp3) is 0.350. The van der Waals surface area contributed by atoms with Crippen LogP contribution in [0.2, 0.25) is 0 Å². The lowest BCUT2D eigenvalue weighted by Gasteiger charge is -2.37. The molecule has 0 aliphatic carbocycles. The third-order valence-electron chi connectivity index (χ3n) is 4.47. The van der Waals surface area contributed by atoms with Gasteiger partial charge in [-0.05, 0) is 53.6 Å². The Balaban J connectivity index is 2.09. The third-order valence-corrected chi connectivity index (χ3v) is 5.39. The summed E-state index contributed by atoms with van der Waals surface area (Å²) in [5.41, 5.74) is 2.32. The molecular formula is C20H23NO3S. The maximum absolute atomic E-state index is 12.7. The largest absolute Gasteiger partial charge is 0.493 e. The zero-order valence-corrected chi connectivity index (χ0v) is 15.6. The van der Waals surface area contributed by atoms with Crippen LogP contribution >= 0.6 is 11.3 Å². The highest BCUT2D eigenvalue weighted by Crippen LogP contribution is 2.42. The van der Waals surface area contributed by atoms with Gasteiger partial charge in [0.2, 0.25) is 5.91 Å². The van der Waals surface area contributed by atoms with Crippen LogP contribution in [-0.2, 0) is 11.2 Å². The Morgan fingerprint density at radius 1 is 1.32 bits per heavy atom. The molecule has 1 atom stereocenters. The maximum Gasteiger partial charge on any atom is 0.247 e. The van der Waals surface area contributed by atoms with Gasteiger partial charge in [0.1, 0.15) is 0 Å². The Bertz CT molecular complexity index is 767. The minimum absolute atomic E-state index is 0.0562. The molecule has 0 saturated heterocycles. The summed E-state index contributed by atoms with van der Waals surface area (Å²) in [7, 11) is 3.29. The number of rotatable bonds is 5. The van der Waals surface area contributed by atoms with Crippen LogP contribution in [0.25, 0.3) is 0 Å². The van der Waals surface area contributed by atoms with Crippen molar-refractivity contribution in [2.24, 2.45) is 0 Å². The van der Waals surface area contributed by atoms with Gasteiger partial charge >= 0.3 is 0 Å². The molecule has 1 aliphatic heterocycles. The van der Waals surface area contributed by atoms with E-state index in [4.69, 9.17) is 9.47 Å². The number of methoxy groups -OCH3 is 2. The lowest BCUT2D eigenvalue weighted by Crippen LogP contribution is -2.39. The van der Waals surface area contributed by atoms with Crippen LogP contribution in [0.3, 0.4) is 0 Å². The summed E-state index contributed by atoms with van der Waals surface area (Å²) in [6, 6.07) is 8.09. The van der Waals surface area contributed by atoms with Crippen molar-refractivity contribution in [2.45, 2.75) is 25.8 Å². The van der Waals surface area contributed by atoms with Crippen LogP contribution in [0.15, 0.2) is 41.8 Å². The van der Waals surface area contributed by atoms with Gasteiger partial charge in [-0.2, -0.15) is 0 Å². The molecule has 0 N–H and O–H groups in total. The van der Waals surface area contributed by atoms with Gasteiger partial charge in [-0.15, -0.1) is 11.3 Å². The van der Waals surface area contributed by atoms with Gasteiger partial charge in [0.05, 0.1) is 20.3 Å². The number of amides is 1. The van der Waals surface area contributed by atoms with E-state index in [1.165, 1.54) is 5.56 Å². The highest BCUT2D eigenvalue weighted by Gasteiger charge is 2.33. The number of carbonyl (C=O) groups excluding carboxylic acids is 1. The van der Waals surface area contributed by atoms with Crippen molar-refractivity contribution in [1.29, 1.82) is 0 Å². The smallest absolute Gasteiger partial charge is 0.247 e. The predicted octanol–water partition coefficient (Wildman–Crippen LogP) is 4.21. The molecule has 25 heavy (non-hydrogen) atoms. The molecule has 3 rings (SSSR count). The number of carbonyl (C=O) groups is 1. The number of thiophene rings is 1. The number of fused-ring (bicyclic) bond motifs is 1. The molecule has 0 unspecified atom stereocenters. The Hall–Kier alpha value is -2.27. The van der Waals surface area contributed by atoms with E-state index in [1.54, 1.807) is 31.6 Å². The first-order valence-electron chi connectivity index (χ1n) is 8.45. The van der Waals surface area contributed by atoms with E-state index < -0.39 is 0 Å².